The predicted molar refractivity (Wildman–Crippen MR) is 62.8 cm³/mol. The van der Waals surface area contributed by atoms with Crippen molar-refractivity contribution in [3.05, 3.63) is 29.3 Å². The number of unbranched alkanes of at least 4 members (excludes halogenated alkanes) is 1. The summed E-state index contributed by atoms with van der Waals surface area (Å²) in [5.74, 6) is 0.0447. The van der Waals surface area contributed by atoms with Crippen LogP contribution >= 0.6 is 0 Å². The predicted octanol–water partition coefficient (Wildman–Crippen LogP) is 2.38. The van der Waals surface area contributed by atoms with E-state index in [-0.39, 0.29) is 12.2 Å². The maximum atomic E-state index is 11.9. The summed E-state index contributed by atoms with van der Waals surface area (Å²) in [6.45, 7) is 3.84. The highest BCUT2D eigenvalue weighted by Gasteiger charge is 2.14. The first-order valence-corrected chi connectivity index (χ1v) is 6.79. The van der Waals surface area contributed by atoms with Crippen molar-refractivity contribution in [3.8, 4) is 6.07 Å². The van der Waals surface area contributed by atoms with Crippen molar-refractivity contribution in [2.24, 2.45) is 0 Å². The van der Waals surface area contributed by atoms with Gasteiger partial charge in [0.25, 0.3) is 0 Å². The molecule has 86 valence electrons. The third kappa shape index (κ3) is 3.07. The fourth-order valence-corrected chi connectivity index (χ4v) is 2.76. The molecular formula is C12H15NO2S. The second kappa shape index (κ2) is 5.13. The molecule has 1 rings (SSSR count). The summed E-state index contributed by atoms with van der Waals surface area (Å²) in [6, 6.07) is 7.08. The fraction of sp³-hybridized carbons (Fsp3) is 0.417. The Labute approximate surface area is 96.6 Å². The molecule has 0 atom stereocenters. The lowest BCUT2D eigenvalue weighted by molar-refractivity contribution is 0.593. The van der Waals surface area contributed by atoms with Crippen molar-refractivity contribution in [1.29, 1.82) is 5.26 Å². The first kappa shape index (κ1) is 12.7. The number of aryl methyl sites for hydroxylation is 2. The first-order chi connectivity index (χ1) is 7.47. The van der Waals surface area contributed by atoms with Crippen molar-refractivity contribution in [2.75, 3.05) is 5.75 Å². The Morgan fingerprint density at radius 3 is 2.50 bits per heavy atom. The van der Waals surface area contributed by atoms with E-state index < -0.39 is 9.84 Å². The van der Waals surface area contributed by atoms with Crippen LogP contribution < -0.4 is 0 Å². The molecule has 0 spiro atoms. The third-order valence-electron chi connectivity index (χ3n) is 2.54. The average Bonchev–Trinajstić information content (AvgIpc) is 2.22. The van der Waals surface area contributed by atoms with Crippen LogP contribution in [0.2, 0.25) is 0 Å². The number of sulfone groups is 1. The highest BCUT2D eigenvalue weighted by Crippen LogP contribution is 2.16. The van der Waals surface area contributed by atoms with Crippen molar-refractivity contribution in [3.63, 3.8) is 0 Å². The molecule has 0 saturated carbocycles. The van der Waals surface area contributed by atoms with Crippen LogP contribution in [0.5, 0.6) is 0 Å². The standard InChI is InChI=1S/C12H15NO2S/c1-10-5-6-12(9-11(10)2)16(14,15)8-4-3-7-13/h5-6,9H,3-4,8H2,1-2H3. The molecule has 0 saturated heterocycles. The van der Waals surface area contributed by atoms with Crippen molar-refractivity contribution < 1.29 is 8.42 Å². The van der Waals surface area contributed by atoms with Gasteiger partial charge in [-0.05, 0) is 43.5 Å². The summed E-state index contributed by atoms with van der Waals surface area (Å²) in [6.07, 6.45) is 0.676. The minimum Gasteiger partial charge on any atom is -0.224 e. The second-order valence-electron chi connectivity index (χ2n) is 3.83. The zero-order valence-corrected chi connectivity index (χ0v) is 10.3. The maximum Gasteiger partial charge on any atom is 0.178 e. The molecule has 1 aromatic rings. The van der Waals surface area contributed by atoms with E-state index in [4.69, 9.17) is 5.26 Å². The molecule has 0 aromatic heterocycles. The molecule has 0 amide bonds. The molecule has 1 aromatic carbocycles. The monoisotopic (exact) mass is 237 g/mol. The van der Waals surface area contributed by atoms with Gasteiger partial charge in [0, 0.05) is 6.42 Å². The lowest BCUT2D eigenvalue weighted by Crippen LogP contribution is -2.07. The van der Waals surface area contributed by atoms with Crippen LogP contribution in [0.15, 0.2) is 23.1 Å². The van der Waals surface area contributed by atoms with Gasteiger partial charge < -0.3 is 0 Å². The van der Waals surface area contributed by atoms with Gasteiger partial charge in [0.1, 0.15) is 0 Å². The molecule has 0 aliphatic carbocycles. The van der Waals surface area contributed by atoms with Crippen LogP contribution in [0.4, 0.5) is 0 Å². The van der Waals surface area contributed by atoms with Crippen molar-refractivity contribution >= 4 is 9.84 Å². The fourth-order valence-electron chi connectivity index (χ4n) is 1.37. The summed E-state index contributed by atoms with van der Waals surface area (Å²) in [5, 5.41) is 8.37. The van der Waals surface area contributed by atoms with E-state index in [1.165, 1.54) is 0 Å². The van der Waals surface area contributed by atoms with E-state index in [9.17, 15) is 8.42 Å². The maximum absolute atomic E-state index is 11.9. The molecule has 4 heteroatoms. The Balaban J connectivity index is 2.91. The number of benzene rings is 1. The molecule has 0 bridgehead atoms. The molecule has 0 fully saturated rings. The van der Waals surface area contributed by atoms with Crippen molar-refractivity contribution in [2.45, 2.75) is 31.6 Å². The van der Waals surface area contributed by atoms with Gasteiger partial charge in [-0.1, -0.05) is 6.07 Å². The summed E-state index contributed by atoms with van der Waals surface area (Å²) in [7, 11) is -3.22. The highest BCUT2D eigenvalue weighted by molar-refractivity contribution is 7.91. The Hall–Kier alpha value is -1.34. The molecule has 0 unspecified atom stereocenters. The van der Waals surface area contributed by atoms with Crippen LogP contribution in [0.3, 0.4) is 0 Å². The summed E-state index contributed by atoms with van der Waals surface area (Å²) in [5.41, 5.74) is 2.05. The van der Waals surface area contributed by atoms with Crippen molar-refractivity contribution in [1.82, 2.24) is 0 Å². The zero-order valence-electron chi connectivity index (χ0n) is 9.53. The summed E-state index contributed by atoms with van der Waals surface area (Å²) >= 11 is 0. The quantitative estimate of drug-likeness (QED) is 0.755. The van der Waals surface area contributed by atoms with Gasteiger partial charge in [0.15, 0.2) is 9.84 Å². The van der Waals surface area contributed by atoms with Gasteiger partial charge in [-0.2, -0.15) is 5.26 Å². The van der Waals surface area contributed by atoms with Crippen LogP contribution in [0.1, 0.15) is 24.0 Å². The SMILES string of the molecule is Cc1ccc(S(=O)(=O)CCCC#N)cc1C. The summed E-state index contributed by atoms with van der Waals surface area (Å²) < 4.78 is 23.7. The highest BCUT2D eigenvalue weighted by atomic mass is 32.2. The second-order valence-corrected chi connectivity index (χ2v) is 5.94. The van der Waals surface area contributed by atoms with Gasteiger partial charge in [-0.25, -0.2) is 8.42 Å². The molecular weight excluding hydrogens is 222 g/mol. The molecule has 0 radical (unpaired) electrons. The largest absolute Gasteiger partial charge is 0.224 e. The zero-order chi connectivity index (χ0) is 12.2. The lowest BCUT2D eigenvalue weighted by Gasteiger charge is -2.06. The molecule has 0 aliphatic heterocycles. The van der Waals surface area contributed by atoms with E-state index >= 15 is 0 Å². The molecule has 0 aliphatic rings. The van der Waals surface area contributed by atoms with Crippen LogP contribution in [-0.4, -0.2) is 14.2 Å². The third-order valence-corrected chi connectivity index (χ3v) is 4.34. The molecule has 0 heterocycles. The molecule has 3 nitrogen and oxygen atoms in total. The minimum atomic E-state index is -3.22. The summed E-state index contributed by atoms with van der Waals surface area (Å²) in [4.78, 5) is 0.355. The topological polar surface area (TPSA) is 57.9 Å². The van der Waals surface area contributed by atoms with Crippen LogP contribution in [-0.2, 0) is 9.84 Å². The Bertz CT molecular complexity index is 512. The molecule has 16 heavy (non-hydrogen) atoms. The van der Waals surface area contributed by atoms with Gasteiger partial charge in [-0.3, -0.25) is 0 Å². The number of nitrogens with zero attached hydrogens (tertiary/aromatic N) is 1. The van der Waals surface area contributed by atoms with E-state index in [1.807, 2.05) is 26.0 Å². The number of hydrogen-bond acceptors (Lipinski definition) is 3. The van der Waals surface area contributed by atoms with Gasteiger partial charge >= 0.3 is 0 Å². The van der Waals surface area contributed by atoms with Gasteiger partial charge in [0.05, 0.1) is 16.7 Å². The Morgan fingerprint density at radius 1 is 1.25 bits per heavy atom. The van der Waals surface area contributed by atoms with Crippen LogP contribution in [0.25, 0.3) is 0 Å². The van der Waals surface area contributed by atoms with E-state index in [1.54, 1.807) is 12.1 Å². The van der Waals surface area contributed by atoms with Crippen LogP contribution in [0, 0.1) is 25.2 Å². The number of rotatable bonds is 4. The van der Waals surface area contributed by atoms with E-state index in [0.29, 0.717) is 11.3 Å². The normalized spacial score (nSPS) is 11.1. The number of hydrogen-bond donors (Lipinski definition) is 0. The Kier molecular flexibility index (Phi) is 4.08. The Morgan fingerprint density at radius 2 is 1.94 bits per heavy atom. The lowest BCUT2D eigenvalue weighted by atomic mass is 10.1. The number of nitriles is 1. The average molecular weight is 237 g/mol. The molecule has 0 N–H and O–H groups in total. The van der Waals surface area contributed by atoms with Gasteiger partial charge in [0.2, 0.25) is 0 Å². The first-order valence-electron chi connectivity index (χ1n) is 5.14. The van der Waals surface area contributed by atoms with E-state index in [2.05, 4.69) is 0 Å². The smallest absolute Gasteiger partial charge is 0.178 e. The minimum absolute atomic E-state index is 0.0447. The van der Waals surface area contributed by atoms with Gasteiger partial charge in [-0.15, -0.1) is 0 Å². The van der Waals surface area contributed by atoms with E-state index in [0.717, 1.165) is 11.1 Å².